The van der Waals surface area contributed by atoms with Crippen LogP contribution >= 0.6 is 0 Å². The van der Waals surface area contributed by atoms with E-state index < -0.39 is 0 Å². The first kappa shape index (κ1) is 18.0. The van der Waals surface area contributed by atoms with Crippen LogP contribution in [-0.4, -0.2) is 34.9 Å². The molecule has 7 nitrogen and oxygen atoms in total. The predicted octanol–water partition coefficient (Wildman–Crippen LogP) is 1.27. The van der Waals surface area contributed by atoms with Gasteiger partial charge in [-0.05, 0) is 37.1 Å². The van der Waals surface area contributed by atoms with E-state index in [1.54, 1.807) is 18.6 Å². The Labute approximate surface area is 152 Å². The van der Waals surface area contributed by atoms with Gasteiger partial charge in [-0.1, -0.05) is 6.07 Å². The van der Waals surface area contributed by atoms with E-state index in [0.29, 0.717) is 31.7 Å². The van der Waals surface area contributed by atoms with Crippen LogP contribution in [0.25, 0.3) is 0 Å². The van der Waals surface area contributed by atoms with E-state index in [4.69, 9.17) is 0 Å². The standard InChI is InChI=1S/C19H23N5O2/c1-13-4-5-17(12-22-13)24-19(26)16-7-15(10-21-11-16)18(25)23-9-14-3-2-6-20-8-14/h2-6,8,12,15-16,21H,7,9-11H2,1H3,(H,23,25)(H,24,26). The molecule has 0 spiro atoms. The van der Waals surface area contributed by atoms with Gasteiger partial charge in [0.25, 0.3) is 0 Å². The molecule has 0 bridgehead atoms. The summed E-state index contributed by atoms with van der Waals surface area (Å²) in [5, 5.41) is 8.99. The molecule has 2 atom stereocenters. The summed E-state index contributed by atoms with van der Waals surface area (Å²) in [6, 6.07) is 7.43. The number of carbonyl (C=O) groups is 2. The maximum atomic E-state index is 12.5. The van der Waals surface area contributed by atoms with Crippen molar-refractivity contribution in [3.05, 3.63) is 54.1 Å². The summed E-state index contributed by atoms with van der Waals surface area (Å²) in [5.41, 5.74) is 2.52. The molecule has 0 radical (unpaired) electrons. The number of nitrogens with one attached hydrogen (secondary N) is 3. The molecule has 2 aromatic rings. The molecule has 1 aliphatic rings. The van der Waals surface area contributed by atoms with Gasteiger partial charge in [-0.2, -0.15) is 0 Å². The third-order valence-electron chi connectivity index (χ3n) is 4.46. The number of hydrogen-bond acceptors (Lipinski definition) is 5. The molecule has 1 fully saturated rings. The molecule has 2 unspecified atom stereocenters. The molecule has 3 N–H and O–H groups in total. The van der Waals surface area contributed by atoms with Crippen LogP contribution in [0.1, 0.15) is 17.7 Å². The second-order valence-electron chi connectivity index (χ2n) is 6.54. The minimum Gasteiger partial charge on any atom is -0.352 e. The van der Waals surface area contributed by atoms with E-state index in [2.05, 4.69) is 25.9 Å². The average molecular weight is 353 g/mol. The van der Waals surface area contributed by atoms with Crippen LogP contribution in [-0.2, 0) is 16.1 Å². The van der Waals surface area contributed by atoms with E-state index in [1.165, 1.54) is 0 Å². The summed E-state index contributed by atoms with van der Waals surface area (Å²) in [7, 11) is 0. The number of piperidine rings is 1. The Bertz CT molecular complexity index is 748. The third-order valence-corrected chi connectivity index (χ3v) is 4.46. The lowest BCUT2D eigenvalue weighted by molar-refractivity contribution is -0.127. The zero-order valence-corrected chi connectivity index (χ0v) is 14.7. The second kappa shape index (κ2) is 8.53. The molecule has 136 valence electrons. The topological polar surface area (TPSA) is 96.0 Å². The Morgan fingerprint density at radius 3 is 2.65 bits per heavy atom. The second-order valence-corrected chi connectivity index (χ2v) is 6.54. The van der Waals surface area contributed by atoms with Crippen molar-refractivity contribution >= 4 is 17.5 Å². The first-order valence-corrected chi connectivity index (χ1v) is 8.72. The molecule has 0 aromatic carbocycles. The van der Waals surface area contributed by atoms with Crippen molar-refractivity contribution in [2.45, 2.75) is 19.9 Å². The van der Waals surface area contributed by atoms with Gasteiger partial charge in [-0.15, -0.1) is 0 Å². The molecule has 1 saturated heterocycles. The predicted molar refractivity (Wildman–Crippen MR) is 98.2 cm³/mol. The number of pyridine rings is 2. The molecule has 2 aromatic heterocycles. The van der Waals surface area contributed by atoms with E-state index in [-0.39, 0.29) is 23.7 Å². The van der Waals surface area contributed by atoms with Gasteiger partial charge in [0.1, 0.15) is 0 Å². The van der Waals surface area contributed by atoms with Gasteiger partial charge in [0, 0.05) is 37.7 Å². The fraction of sp³-hybridized carbons (Fsp3) is 0.368. The van der Waals surface area contributed by atoms with Crippen LogP contribution in [0.2, 0.25) is 0 Å². The van der Waals surface area contributed by atoms with Crippen LogP contribution in [0.4, 0.5) is 5.69 Å². The highest BCUT2D eigenvalue weighted by atomic mass is 16.2. The zero-order valence-electron chi connectivity index (χ0n) is 14.7. The number of amides is 2. The summed E-state index contributed by atoms with van der Waals surface area (Å²) >= 11 is 0. The molecular formula is C19H23N5O2. The maximum Gasteiger partial charge on any atom is 0.228 e. The van der Waals surface area contributed by atoms with Crippen LogP contribution in [0.15, 0.2) is 42.9 Å². The zero-order chi connectivity index (χ0) is 18.4. The SMILES string of the molecule is Cc1ccc(NC(=O)C2CNCC(C(=O)NCc3cccnc3)C2)cn1. The Kier molecular flexibility index (Phi) is 5.91. The highest BCUT2D eigenvalue weighted by Gasteiger charge is 2.31. The Balaban J connectivity index is 1.52. The maximum absolute atomic E-state index is 12.5. The number of hydrogen-bond donors (Lipinski definition) is 3. The number of carbonyl (C=O) groups excluding carboxylic acids is 2. The van der Waals surface area contributed by atoms with Crippen molar-refractivity contribution in [2.75, 3.05) is 18.4 Å². The van der Waals surface area contributed by atoms with E-state index in [0.717, 1.165) is 11.3 Å². The van der Waals surface area contributed by atoms with E-state index in [9.17, 15) is 9.59 Å². The third kappa shape index (κ3) is 4.86. The lowest BCUT2D eigenvalue weighted by Gasteiger charge is -2.28. The van der Waals surface area contributed by atoms with Gasteiger partial charge in [-0.3, -0.25) is 19.6 Å². The van der Waals surface area contributed by atoms with Crippen molar-refractivity contribution in [2.24, 2.45) is 11.8 Å². The highest BCUT2D eigenvalue weighted by Crippen LogP contribution is 2.19. The number of nitrogens with zero attached hydrogens (tertiary/aromatic N) is 2. The summed E-state index contributed by atoms with van der Waals surface area (Å²) in [6.07, 6.45) is 5.59. The smallest absolute Gasteiger partial charge is 0.228 e. The summed E-state index contributed by atoms with van der Waals surface area (Å²) in [5.74, 6) is -0.615. The van der Waals surface area contributed by atoms with Crippen LogP contribution in [0, 0.1) is 18.8 Å². The van der Waals surface area contributed by atoms with Gasteiger partial charge >= 0.3 is 0 Å². The lowest BCUT2D eigenvalue weighted by Crippen LogP contribution is -2.47. The minimum atomic E-state index is -0.251. The van der Waals surface area contributed by atoms with Crippen LogP contribution in [0.3, 0.4) is 0 Å². The Morgan fingerprint density at radius 1 is 1.15 bits per heavy atom. The van der Waals surface area contributed by atoms with Gasteiger partial charge in [0.05, 0.1) is 23.7 Å². The Morgan fingerprint density at radius 2 is 1.96 bits per heavy atom. The fourth-order valence-electron chi connectivity index (χ4n) is 2.96. The van der Waals surface area contributed by atoms with Crippen LogP contribution in [0.5, 0.6) is 0 Å². The van der Waals surface area contributed by atoms with Gasteiger partial charge in [-0.25, -0.2) is 0 Å². The molecule has 3 rings (SSSR count). The minimum absolute atomic E-state index is 0.0455. The monoisotopic (exact) mass is 353 g/mol. The van der Waals surface area contributed by atoms with Gasteiger partial charge < -0.3 is 16.0 Å². The summed E-state index contributed by atoms with van der Waals surface area (Å²) in [6.45, 7) is 3.48. The fourth-order valence-corrected chi connectivity index (χ4v) is 2.96. The lowest BCUT2D eigenvalue weighted by atomic mass is 9.89. The summed E-state index contributed by atoms with van der Waals surface area (Å²) in [4.78, 5) is 33.1. The molecule has 0 aliphatic carbocycles. The summed E-state index contributed by atoms with van der Waals surface area (Å²) < 4.78 is 0. The molecule has 3 heterocycles. The van der Waals surface area contributed by atoms with Crippen molar-refractivity contribution in [3.8, 4) is 0 Å². The first-order valence-electron chi connectivity index (χ1n) is 8.72. The van der Waals surface area contributed by atoms with E-state index >= 15 is 0 Å². The van der Waals surface area contributed by atoms with Crippen molar-refractivity contribution in [1.29, 1.82) is 0 Å². The molecule has 7 heteroatoms. The molecule has 0 saturated carbocycles. The number of aryl methyl sites for hydroxylation is 1. The van der Waals surface area contributed by atoms with Gasteiger partial charge in [0.15, 0.2) is 0 Å². The number of rotatable bonds is 5. The number of aromatic nitrogens is 2. The molecular weight excluding hydrogens is 330 g/mol. The molecule has 2 amide bonds. The average Bonchev–Trinajstić information content (AvgIpc) is 2.69. The largest absolute Gasteiger partial charge is 0.352 e. The van der Waals surface area contributed by atoms with Crippen molar-refractivity contribution < 1.29 is 9.59 Å². The van der Waals surface area contributed by atoms with Crippen molar-refractivity contribution in [3.63, 3.8) is 0 Å². The van der Waals surface area contributed by atoms with Crippen LogP contribution < -0.4 is 16.0 Å². The molecule has 26 heavy (non-hydrogen) atoms. The van der Waals surface area contributed by atoms with Gasteiger partial charge in [0.2, 0.25) is 11.8 Å². The Hall–Kier alpha value is -2.80. The van der Waals surface area contributed by atoms with E-state index in [1.807, 2.05) is 31.2 Å². The van der Waals surface area contributed by atoms with Crippen molar-refractivity contribution in [1.82, 2.24) is 20.6 Å². The quantitative estimate of drug-likeness (QED) is 0.752. The number of anilines is 1. The molecule has 1 aliphatic heterocycles. The normalized spacial score (nSPS) is 19.6. The first-order chi connectivity index (χ1) is 12.6. The highest BCUT2D eigenvalue weighted by molar-refractivity contribution is 5.93.